The van der Waals surface area contributed by atoms with E-state index < -0.39 is 0 Å². The van der Waals surface area contributed by atoms with E-state index in [0.717, 1.165) is 18.6 Å². The van der Waals surface area contributed by atoms with Crippen molar-refractivity contribution >= 4 is 0 Å². The van der Waals surface area contributed by atoms with Gasteiger partial charge in [0.2, 0.25) is 0 Å². The molecule has 0 amide bonds. The maximum absolute atomic E-state index is 5.57. The van der Waals surface area contributed by atoms with Gasteiger partial charge in [-0.25, -0.2) is 0 Å². The van der Waals surface area contributed by atoms with Crippen LogP contribution in [-0.2, 0) is 6.42 Å². The van der Waals surface area contributed by atoms with Crippen molar-refractivity contribution in [3.8, 4) is 5.75 Å². The highest BCUT2D eigenvalue weighted by Gasteiger charge is 2.12. The molecule has 0 spiro atoms. The van der Waals surface area contributed by atoms with Crippen molar-refractivity contribution in [2.75, 3.05) is 0 Å². The molecule has 0 unspecified atom stereocenters. The molecule has 1 aromatic rings. The van der Waals surface area contributed by atoms with Gasteiger partial charge < -0.3 is 4.74 Å². The predicted molar refractivity (Wildman–Crippen MR) is 58.3 cm³/mol. The second-order valence-electron chi connectivity index (χ2n) is 4.28. The maximum atomic E-state index is 5.57. The largest absolute Gasteiger partial charge is 0.465 e. The number of rotatable bonds is 2. The van der Waals surface area contributed by atoms with Gasteiger partial charge in [-0.3, -0.25) is 0 Å². The molecule has 0 aliphatic carbocycles. The van der Waals surface area contributed by atoms with Crippen LogP contribution in [0, 0.1) is 5.92 Å². The Labute approximate surface area is 85.4 Å². The van der Waals surface area contributed by atoms with E-state index in [1.165, 1.54) is 11.1 Å². The molecule has 0 saturated carbocycles. The van der Waals surface area contributed by atoms with E-state index in [1.54, 1.807) is 0 Å². The first-order valence-corrected chi connectivity index (χ1v) is 5.18. The molecular weight excluding hydrogens is 172 g/mol. The summed E-state index contributed by atoms with van der Waals surface area (Å²) in [6, 6.07) is 8.25. The summed E-state index contributed by atoms with van der Waals surface area (Å²) in [4.78, 5) is 0. The number of hydrogen-bond donors (Lipinski definition) is 0. The van der Waals surface area contributed by atoms with Gasteiger partial charge in [0, 0.05) is 6.42 Å². The molecule has 0 atom stereocenters. The zero-order valence-corrected chi connectivity index (χ0v) is 8.79. The van der Waals surface area contributed by atoms with Crippen LogP contribution in [-0.4, -0.2) is 0 Å². The lowest BCUT2D eigenvalue weighted by molar-refractivity contribution is 0.446. The molecule has 1 aliphatic rings. The van der Waals surface area contributed by atoms with E-state index in [-0.39, 0.29) is 0 Å². The van der Waals surface area contributed by atoms with Crippen LogP contribution in [0.1, 0.15) is 25.8 Å². The number of fused-ring (bicyclic) bond motifs is 1. The van der Waals surface area contributed by atoms with Crippen LogP contribution in [0.25, 0.3) is 0 Å². The highest BCUT2D eigenvalue weighted by Crippen LogP contribution is 2.28. The average Bonchev–Trinajstić information content (AvgIpc) is 2.17. The predicted octanol–water partition coefficient (Wildman–Crippen LogP) is 3.55. The zero-order valence-electron chi connectivity index (χ0n) is 8.79. The van der Waals surface area contributed by atoms with Crippen molar-refractivity contribution in [2.24, 2.45) is 5.92 Å². The molecular formula is C13H16O. The van der Waals surface area contributed by atoms with Crippen molar-refractivity contribution in [3.63, 3.8) is 0 Å². The van der Waals surface area contributed by atoms with Crippen LogP contribution in [0.2, 0.25) is 0 Å². The summed E-state index contributed by atoms with van der Waals surface area (Å²) in [5, 5.41) is 0. The van der Waals surface area contributed by atoms with Crippen LogP contribution >= 0.6 is 0 Å². The second-order valence-corrected chi connectivity index (χ2v) is 4.28. The van der Waals surface area contributed by atoms with Crippen molar-refractivity contribution < 1.29 is 4.74 Å². The van der Waals surface area contributed by atoms with Gasteiger partial charge in [0.05, 0.1) is 6.26 Å². The van der Waals surface area contributed by atoms with Crippen molar-refractivity contribution in [1.82, 2.24) is 0 Å². The molecule has 2 rings (SSSR count). The molecule has 0 aromatic heterocycles. The van der Waals surface area contributed by atoms with E-state index in [0.29, 0.717) is 5.92 Å². The van der Waals surface area contributed by atoms with E-state index in [4.69, 9.17) is 4.74 Å². The first kappa shape index (κ1) is 9.32. The van der Waals surface area contributed by atoms with Crippen LogP contribution < -0.4 is 4.74 Å². The van der Waals surface area contributed by atoms with Gasteiger partial charge in [0.1, 0.15) is 5.75 Å². The lowest BCUT2D eigenvalue weighted by atomic mass is 9.96. The minimum Gasteiger partial charge on any atom is -0.465 e. The Bertz CT molecular complexity index is 350. The molecule has 1 heterocycles. The number of benzene rings is 1. The second kappa shape index (κ2) is 3.87. The SMILES string of the molecule is CC(C)CC1=COc2ccccc2C1. The Hall–Kier alpha value is -1.24. The zero-order chi connectivity index (χ0) is 9.97. The van der Waals surface area contributed by atoms with Gasteiger partial charge in [0.15, 0.2) is 0 Å². The van der Waals surface area contributed by atoms with Crippen molar-refractivity contribution in [2.45, 2.75) is 26.7 Å². The molecule has 0 radical (unpaired) electrons. The quantitative estimate of drug-likeness (QED) is 0.689. The highest BCUT2D eigenvalue weighted by molar-refractivity contribution is 5.39. The fourth-order valence-electron chi connectivity index (χ4n) is 1.84. The Balaban J connectivity index is 2.13. The van der Waals surface area contributed by atoms with Gasteiger partial charge in [-0.1, -0.05) is 32.0 Å². The molecule has 0 bridgehead atoms. The number of ether oxygens (including phenoxy) is 1. The summed E-state index contributed by atoms with van der Waals surface area (Å²) in [7, 11) is 0. The molecule has 0 saturated heterocycles. The highest BCUT2D eigenvalue weighted by atomic mass is 16.5. The lowest BCUT2D eigenvalue weighted by Gasteiger charge is -2.18. The van der Waals surface area contributed by atoms with E-state index in [2.05, 4.69) is 26.0 Å². The topological polar surface area (TPSA) is 9.23 Å². The summed E-state index contributed by atoms with van der Waals surface area (Å²) in [5.74, 6) is 1.72. The van der Waals surface area contributed by atoms with E-state index in [9.17, 15) is 0 Å². The fourth-order valence-corrected chi connectivity index (χ4v) is 1.84. The normalized spacial score (nSPS) is 14.6. The molecule has 0 N–H and O–H groups in total. The van der Waals surface area contributed by atoms with Gasteiger partial charge in [0.25, 0.3) is 0 Å². The standard InChI is InChI=1S/C13H16O/c1-10(2)7-11-8-12-5-3-4-6-13(12)14-9-11/h3-6,9-10H,7-8H2,1-2H3. The Morgan fingerprint density at radius 3 is 2.86 bits per heavy atom. The minimum atomic E-state index is 0.704. The van der Waals surface area contributed by atoms with Crippen LogP contribution in [0.4, 0.5) is 0 Å². The molecule has 1 heteroatoms. The van der Waals surface area contributed by atoms with Crippen LogP contribution in [0.15, 0.2) is 36.1 Å². The summed E-state index contributed by atoms with van der Waals surface area (Å²) >= 11 is 0. The first-order chi connectivity index (χ1) is 6.75. The number of allylic oxidation sites excluding steroid dienone is 1. The summed E-state index contributed by atoms with van der Waals surface area (Å²) in [6.07, 6.45) is 4.10. The Morgan fingerprint density at radius 1 is 1.29 bits per heavy atom. The average molecular weight is 188 g/mol. The van der Waals surface area contributed by atoms with E-state index in [1.807, 2.05) is 18.4 Å². The van der Waals surface area contributed by atoms with Gasteiger partial charge in [-0.05, 0) is 29.5 Å². The Kier molecular flexibility index (Phi) is 2.58. The first-order valence-electron chi connectivity index (χ1n) is 5.18. The third kappa shape index (κ3) is 1.98. The van der Waals surface area contributed by atoms with Crippen molar-refractivity contribution in [3.05, 3.63) is 41.7 Å². The molecule has 1 aromatic carbocycles. The van der Waals surface area contributed by atoms with Gasteiger partial charge in [-0.15, -0.1) is 0 Å². The summed E-state index contributed by atoms with van der Waals surface area (Å²) in [6.45, 7) is 4.47. The monoisotopic (exact) mass is 188 g/mol. The Morgan fingerprint density at radius 2 is 2.07 bits per heavy atom. The van der Waals surface area contributed by atoms with Gasteiger partial charge >= 0.3 is 0 Å². The molecule has 1 nitrogen and oxygen atoms in total. The van der Waals surface area contributed by atoms with Crippen LogP contribution in [0.3, 0.4) is 0 Å². The summed E-state index contributed by atoms with van der Waals surface area (Å²) < 4.78 is 5.57. The molecule has 0 fully saturated rings. The smallest absolute Gasteiger partial charge is 0.130 e. The van der Waals surface area contributed by atoms with Crippen molar-refractivity contribution in [1.29, 1.82) is 0 Å². The fraction of sp³-hybridized carbons (Fsp3) is 0.385. The molecule has 1 aliphatic heterocycles. The number of hydrogen-bond acceptors (Lipinski definition) is 1. The third-order valence-corrected chi connectivity index (χ3v) is 2.41. The third-order valence-electron chi connectivity index (χ3n) is 2.41. The molecule has 74 valence electrons. The molecule has 14 heavy (non-hydrogen) atoms. The van der Waals surface area contributed by atoms with Crippen LogP contribution in [0.5, 0.6) is 5.75 Å². The summed E-state index contributed by atoms with van der Waals surface area (Å²) in [5.41, 5.74) is 2.71. The van der Waals surface area contributed by atoms with Gasteiger partial charge in [-0.2, -0.15) is 0 Å². The maximum Gasteiger partial charge on any atom is 0.130 e. The number of para-hydroxylation sites is 1. The van der Waals surface area contributed by atoms with E-state index >= 15 is 0 Å². The minimum absolute atomic E-state index is 0.704. The lowest BCUT2D eigenvalue weighted by Crippen LogP contribution is -2.04.